The molecule has 2 heterocycles. The maximum atomic E-state index is 10.3. The summed E-state index contributed by atoms with van der Waals surface area (Å²) < 4.78 is 5.22. The number of ether oxygens (including phenoxy) is 1. The highest BCUT2D eigenvalue weighted by molar-refractivity contribution is 5.45. The summed E-state index contributed by atoms with van der Waals surface area (Å²) in [6.07, 6.45) is 2.50. The van der Waals surface area contributed by atoms with Crippen LogP contribution >= 0.6 is 0 Å². The minimum Gasteiger partial charge on any atom is -0.504 e. The van der Waals surface area contributed by atoms with E-state index in [0.29, 0.717) is 11.8 Å². The van der Waals surface area contributed by atoms with Crippen LogP contribution in [-0.2, 0) is 6.54 Å². The minimum atomic E-state index is 0.290. The van der Waals surface area contributed by atoms with Gasteiger partial charge in [-0.25, -0.2) is 0 Å². The second-order valence-electron chi connectivity index (χ2n) is 7.66. The predicted molar refractivity (Wildman–Crippen MR) is 101 cm³/mol. The van der Waals surface area contributed by atoms with Crippen LogP contribution in [0, 0.1) is 5.92 Å². The molecule has 0 aliphatic carbocycles. The monoisotopic (exact) mass is 347 g/mol. The van der Waals surface area contributed by atoms with Crippen molar-refractivity contribution in [3.05, 3.63) is 23.8 Å². The third-order valence-corrected chi connectivity index (χ3v) is 6.12. The molecule has 2 aliphatic rings. The first-order valence-corrected chi connectivity index (χ1v) is 9.58. The average Bonchev–Trinajstić information content (AvgIpc) is 2.64. The lowest BCUT2D eigenvalue weighted by Crippen LogP contribution is -2.51. The highest BCUT2D eigenvalue weighted by Gasteiger charge is 2.29. The Morgan fingerprint density at radius 2 is 1.80 bits per heavy atom. The Bertz CT molecular complexity index is 550. The van der Waals surface area contributed by atoms with Gasteiger partial charge in [0.2, 0.25) is 0 Å². The van der Waals surface area contributed by atoms with E-state index in [2.05, 4.69) is 28.7 Å². The second-order valence-corrected chi connectivity index (χ2v) is 7.66. The Hall–Kier alpha value is -1.30. The molecule has 0 radical (unpaired) electrons. The number of rotatable bonds is 5. The van der Waals surface area contributed by atoms with Gasteiger partial charge in [0.1, 0.15) is 0 Å². The van der Waals surface area contributed by atoms with E-state index in [4.69, 9.17) is 4.74 Å². The number of piperazine rings is 1. The fourth-order valence-electron chi connectivity index (χ4n) is 4.22. The SMILES string of the molecule is COc1cccc(CN2CCC(C(C)N3CCN(C)CC3)CC2)c1O. The summed E-state index contributed by atoms with van der Waals surface area (Å²) in [5.74, 6) is 1.65. The van der Waals surface area contributed by atoms with Gasteiger partial charge in [-0.15, -0.1) is 0 Å². The zero-order chi connectivity index (χ0) is 17.8. The summed E-state index contributed by atoms with van der Waals surface area (Å²) in [5.41, 5.74) is 0.963. The molecule has 5 nitrogen and oxygen atoms in total. The molecule has 0 amide bonds. The van der Waals surface area contributed by atoms with E-state index < -0.39 is 0 Å². The van der Waals surface area contributed by atoms with Crippen LogP contribution in [0.4, 0.5) is 0 Å². The fraction of sp³-hybridized carbons (Fsp3) is 0.700. The van der Waals surface area contributed by atoms with Crippen molar-refractivity contribution in [3.8, 4) is 11.5 Å². The molecule has 0 bridgehead atoms. The van der Waals surface area contributed by atoms with E-state index in [1.54, 1.807) is 7.11 Å². The number of likely N-dealkylation sites (tertiary alicyclic amines) is 1. The number of methoxy groups -OCH3 is 1. The lowest BCUT2D eigenvalue weighted by Gasteiger charge is -2.42. The van der Waals surface area contributed by atoms with Crippen molar-refractivity contribution >= 4 is 0 Å². The van der Waals surface area contributed by atoms with Crippen LogP contribution < -0.4 is 4.74 Å². The quantitative estimate of drug-likeness (QED) is 0.884. The van der Waals surface area contributed by atoms with Gasteiger partial charge in [-0.1, -0.05) is 12.1 Å². The van der Waals surface area contributed by atoms with Crippen molar-refractivity contribution in [2.45, 2.75) is 32.4 Å². The van der Waals surface area contributed by atoms with Gasteiger partial charge in [-0.3, -0.25) is 9.80 Å². The summed E-state index contributed by atoms with van der Waals surface area (Å²) in [4.78, 5) is 7.56. The van der Waals surface area contributed by atoms with Gasteiger partial charge in [0, 0.05) is 44.3 Å². The molecular weight excluding hydrogens is 314 g/mol. The smallest absolute Gasteiger partial charge is 0.162 e. The molecule has 1 N–H and O–H groups in total. The van der Waals surface area contributed by atoms with E-state index in [0.717, 1.165) is 31.1 Å². The largest absolute Gasteiger partial charge is 0.504 e. The number of likely N-dealkylation sites (N-methyl/N-ethyl adjacent to an activating group) is 1. The van der Waals surface area contributed by atoms with Gasteiger partial charge in [-0.05, 0) is 51.9 Å². The molecule has 3 rings (SSSR count). The van der Waals surface area contributed by atoms with Gasteiger partial charge >= 0.3 is 0 Å². The van der Waals surface area contributed by atoms with Crippen molar-refractivity contribution in [1.29, 1.82) is 0 Å². The summed E-state index contributed by atoms with van der Waals surface area (Å²) in [7, 11) is 3.82. The number of aromatic hydroxyl groups is 1. The highest BCUT2D eigenvalue weighted by Crippen LogP contribution is 2.32. The first kappa shape index (κ1) is 18.5. The number of para-hydroxylation sites is 1. The highest BCUT2D eigenvalue weighted by atomic mass is 16.5. The molecule has 1 aromatic rings. The molecule has 1 aromatic carbocycles. The Morgan fingerprint density at radius 1 is 1.12 bits per heavy atom. The summed E-state index contributed by atoms with van der Waals surface area (Å²) in [6, 6.07) is 6.44. The minimum absolute atomic E-state index is 0.290. The van der Waals surface area contributed by atoms with Gasteiger partial charge in [-0.2, -0.15) is 0 Å². The van der Waals surface area contributed by atoms with E-state index in [-0.39, 0.29) is 5.75 Å². The Kier molecular flexibility index (Phi) is 6.20. The summed E-state index contributed by atoms with van der Waals surface area (Å²) >= 11 is 0. The van der Waals surface area contributed by atoms with E-state index in [1.165, 1.54) is 39.0 Å². The molecule has 2 aliphatic heterocycles. The summed E-state index contributed by atoms with van der Waals surface area (Å²) in [6.45, 7) is 10.2. The van der Waals surface area contributed by atoms with Crippen molar-refractivity contribution in [3.63, 3.8) is 0 Å². The van der Waals surface area contributed by atoms with Crippen LogP contribution in [0.1, 0.15) is 25.3 Å². The van der Waals surface area contributed by atoms with E-state index in [9.17, 15) is 5.11 Å². The number of phenolic OH excluding ortho intramolecular Hbond substituents is 1. The Balaban J connectivity index is 1.50. The molecule has 1 atom stereocenters. The van der Waals surface area contributed by atoms with Crippen molar-refractivity contribution < 1.29 is 9.84 Å². The van der Waals surface area contributed by atoms with E-state index >= 15 is 0 Å². The van der Waals surface area contributed by atoms with Crippen molar-refractivity contribution in [2.24, 2.45) is 5.92 Å². The molecule has 1 unspecified atom stereocenters. The summed E-state index contributed by atoms with van der Waals surface area (Å²) in [5, 5.41) is 10.3. The van der Waals surface area contributed by atoms with Gasteiger partial charge in [0.15, 0.2) is 11.5 Å². The molecule has 140 valence electrons. The maximum absolute atomic E-state index is 10.3. The van der Waals surface area contributed by atoms with Crippen LogP contribution in [-0.4, -0.2) is 79.3 Å². The zero-order valence-corrected chi connectivity index (χ0v) is 15.9. The van der Waals surface area contributed by atoms with E-state index in [1.807, 2.05) is 18.2 Å². The fourth-order valence-corrected chi connectivity index (χ4v) is 4.22. The lowest BCUT2D eigenvalue weighted by molar-refractivity contribution is 0.0596. The molecule has 0 spiro atoms. The van der Waals surface area contributed by atoms with Crippen LogP contribution in [0.5, 0.6) is 11.5 Å². The van der Waals surface area contributed by atoms with Crippen LogP contribution in [0.15, 0.2) is 18.2 Å². The predicted octanol–water partition coefficient (Wildman–Crippen LogP) is 2.25. The molecule has 5 heteroatoms. The number of piperidine rings is 1. The number of phenols is 1. The van der Waals surface area contributed by atoms with Gasteiger partial charge < -0.3 is 14.7 Å². The third kappa shape index (κ3) is 4.46. The Labute approximate surface area is 152 Å². The normalized spacial score (nSPS) is 22.8. The van der Waals surface area contributed by atoms with Crippen LogP contribution in [0.3, 0.4) is 0 Å². The molecule has 0 saturated carbocycles. The number of benzene rings is 1. The molecule has 0 aromatic heterocycles. The first-order valence-electron chi connectivity index (χ1n) is 9.58. The maximum Gasteiger partial charge on any atom is 0.162 e. The van der Waals surface area contributed by atoms with Crippen molar-refractivity contribution in [1.82, 2.24) is 14.7 Å². The number of hydrogen-bond acceptors (Lipinski definition) is 5. The standard InChI is InChI=1S/C20H33N3O2/c1-16(23-13-11-21(2)12-14-23)17-7-9-22(10-8-17)15-18-5-4-6-19(25-3)20(18)24/h4-6,16-17,24H,7-15H2,1-3H3. The topological polar surface area (TPSA) is 39.2 Å². The number of hydrogen-bond donors (Lipinski definition) is 1. The lowest BCUT2D eigenvalue weighted by atomic mass is 9.89. The van der Waals surface area contributed by atoms with Crippen LogP contribution in [0.25, 0.3) is 0 Å². The van der Waals surface area contributed by atoms with Crippen LogP contribution in [0.2, 0.25) is 0 Å². The van der Waals surface area contributed by atoms with Gasteiger partial charge in [0.05, 0.1) is 7.11 Å². The third-order valence-electron chi connectivity index (χ3n) is 6.12. The average molecular weight is 348 g/mol. The molecule has 2 fully saturated rings. The van der Waals surface area contributed by atoms with Gasteiger partial charge in [0.25, 0.3) is 0 Å². The Morgan fingerprint density at radius 3 is 2.44 bits per heavy atom. The van der Waals surface area contributed by atoms with Crippen molar-refractivity contribution in [2.75, 3.05) is 53.4 Å². The molecule has 25 heavy (non-hydrogen) atoms. The number of nitrogens with zero attached hydrogens (tertiary/aromatic N) is 3. The first-order chi connectivity index (χ1) is 12.1. The second kappa shape index (κ2) is 8.39. The molecular formula is C20H33N3O2. The zero-order valence-electron chi connectivity index (χ0n) is 15.9. The molecule has 2 saturated heterocycles.